The summed E-state index contributed by atoms with van der Waals surface area (Å²) in [7, 11) is 0. The molecule has 0 amide bonds. The van der Waals surface area contributed by atoms with E-state index in [0.717, 1.165) is 11.5 Å². The van der Waals surface area contributed by atoms with E-state index in [9.17, 15) is 5.11 Å². The summed E-state index contributed by atoms with van der Waals surface area (Å²) in [5.74, 6) is 4.43. The van der Waals surface area contributed by atoms with Gasteiger partial charge in [0.05, 0.1) is 0 Å². The number of rotatable bonds is 2. The Kier molecular flexibility index (Phi) is 15.7. The summed E-state index contributed by atoms with van der Waals surface area (Å²) in [4.78, 5) is 0. The Balaban J connectivity index is 0.000000215. The molecule has 262 valence electrons. The van der Waals surface area contributed by atoms with E-state index < -0.39 is 5.75 Å². The van der Waals surface area contributed by atoms with Crippen LogP contribution < -0.4 is 28.4 Å². The third kappa shape index (κ3) is 10.9. The molecule has 3 aliphatic heterocycles. The molecular weight excluding hydrogens is 620 g/mol. The van der Waals surface area contributed by atoms with Gasteiger partial charge in [0.1, 0.15) is 11.5 Å². The number of benzene rings is 4. The quantitative estimate of drug-likeness (QED) is 0.130. The lowest BCUT2D eigenvalue weighted by molar-refractivity contribution is 0.173. The van der Waals surface area contributed by atoms with Crippen LogP contribution in [0, 0.1) is 0 Å². The van der Waals surface area contributed by atoms with Crippen LogP contribution in [-0.2, 0) is 0 Å². The molecule has 0 unspecified atom stereocenters. The molecule has 0 saturated carbocycles. The monoisotopic (exact) mass is 668 g/mol. The number of hydrogen-bond donors (Lipinski definition) is 5. The first kappa shape index (κ1) is 38.9. The molecule has 48 heavy (non-hydrogen) atoms. The lowest BCUT2D eigenvalue weighted by atomic mass is 10.0. The van der Waals surface area contributed by atoms with Gasteiger partial charge in [-0.25, -0.2) is 0 Å². The predicted octanol–water partition coefficient (Wildman–Crippen LogP) is 8.76. The van der Waals surface area contributed by atoms with Crippen molar-refractivity contribution in [2.24, 2.45) is 0 Å². The molecule has 11 nitrogen and oxygen atoms in total. The maximum Gasteiger partial charge on any atom is 0.231 e. The van der Waals surface area contributed by atoms with E-state index in [1.165, 1.54) is 23.8 Å². The van der Waals surface area contributed by atoms with E-state index in [4.69, 9.17) is 48.8 Å². The van der Waals surface area contributed by atoms with Gasteiger partial charge in [0.25, 0.3) is 0 Å². The molecule has 3 aliphatic rings. The topological polar surface area (TPSA) is 157 Å². The minimum absolute atomic E-state index is 0.122. The Bertz CT molecular complexity index is 1510. The molecule has 5 N–H and O–H groups in total. The van der Waals surface area contributed by atoms with Gasteiger partial charge in [-0.2, -0.15) is 0 Å². The van der Waals surface area contributed by atoms with E-state index in [1.54, 1.807) is 30.3 Å². The van der Waals surface area contributed by atoms with E-state index in [-0.39, 0.29) is 42.5 Å². The molecule has 0 bridgehead atoms. The first-order valence-electron chi connectivity index (χ1n) is 15.8. The first-order chi connectivity index (χ1) is 23.0. The fourth-order valence-electron chi connectivity index (χ4n) is 4.09. The molecule has 0 aliphatic carbocycles. The van der Waals surface area contributed by atoms with Crippen molar-refractivity contribution in [3.63, 3.8) is 0 Å². The summed E-state index contributed by atoms with van der Waals surface area (Å²) in [6.07, 6.45) is 0. The third-order valence-corrected chi connectivity index (χ3v) is 6.56. The zero-order valence-electron chi connectivity index (χ0n) is 28.8. The molecule has 11 heteroatoms. The van der Waals surface area contributed by atoms with Gasteiger partial charge in [-0.3, -0.25) is 0 Å². The third-order valence-electron chi connectivity index (χ3n) is 6.56. The summed E-state index contributed by atoms with van der Waals surface area (Å²) in [6.45, 7) is 17.0. The summed E-state index contributed by atoms with van der Waals surface area (Å²) in [5.41, 5.74) is 1.92. The zero-order valence-corrected chi connectivity index (χ0v) is 28.8. The smallest absolute Gasteiger partial charge is 0.231 e. The summed E-state index contributed by atoms with van der Waals surface area (Å²) in [5, 5.41) is 45.4. The predicted molar refractivity (Wildman–Crippen MR) is 183 cm³/mol. The molecule has 4 aromatic carbocycles. The number of hydrogen-bond acceptors (Lipinski definition) is 11. The van der Waals surface area contributed by atoms with Crippen LogP contribution in [0.1, 0.15) is 78.4 Å². The first-order valence-corrected chi connectivity index (χ1v) is 15.8. The van der Waals surface area contributed by atoms with Gasteiger partial charge in [-0.15, -0.1) is 0 Å². The van der Waals surface area contributed by atoms with Crippen LogP contribution in [0.3, 0.4) is 0 Å². The average molecular weight is 669 g/mol. The highest BCUT2D eigenvalue weighted by atomic mass is 16.7. The van der Waals surface area contributed by atoms with Crippen LogP contribution in [0.25, 0.3) is 0 Å². The van der Waals surface area contributed by atoms with Gasteiger partial charge in [-0.05, 0) is 59.9 Å². The number of fused-ring (bicyclic) bond motifs is 3. The van der Waals surface area contributed by atoms with Crippen LogP contribution in [0.2, 0.25) is 0 Å². The normalized spacial score (nSPS) is 12.0. The molecule has 0 spiro atoms. The molecule has 0 fully saturated rings. The van der Waals surface area contributed by atoms with E-state index in [1.807, 2.05) is 53.7 Å². The van der Waals surface area contributed by atoms with E-state index >= 15 is 0 Å². The molecule has 0 atom stereocenters. The summed E-state index contributed by atoms with van der Waals surface area (Å²) in [6, 6.07) is 18.6. The van der Waals surface area contributed by atoms with Crippen molar-refractivity contribution >= 4 is 0 Å². The fourth-order valence-corrected chi connectivity index (χ4v) is 4.09. The SMILES string of the molecule is CC.CC.CC(C)c1ccc(O)c(O)c1O.CC(C)c1ccc2c(c1)OCO2.Oc1ccc2c(c1)OCO2.Oc1ccc2c(c1)OCO2. The largest absolute Gasteiger partial charge is 0.508 e. The molecular formula is C37H48O11. The minimum atomic E-state index is -0.443. The highest BCUT2D eigenvalue weighted by Crippen LogP contribution is 2.40. The van der Waals surface area contributed by atoms with Crippen LogP contribution >= 0.6 is 0 Å². The van der Waals surface area contributed by atoms with Crippen molar-refractivity contribution in [1.29, 1.82) is 0 Å². The minimum Gasteiger partial charge on any atom is -0.508 e. The van der Waals surface area contributed by atoms with Crippen molar-refractivity contribution in [1.82, 2.24) is 0 Å². The molecule has 7 rings (SSSR count). The zero-order chi connectivity index (χ0) is 35.8. The maximum absolute atomic E-state index is 9.34. The number of aromatic hydroxyl groups is 5. The molecule has 4 aromatic rings. The second-order valence-electron chi connectivity index (χ2n) is 10.4. The fraction of sp³-hybridized carbons (Fsp3) is 0.351. The van der Waals surface area contributed by atoms with E-state index in [0.29, 0.717) is 41.3 Å². The van der Waals surface area contributed by atoms with Crippen LogP contribution in [0.5, 0.6) is 63.2 Å². The van der Waals surface area contributed by atoms with Crippen molar-refractivity contribution in [3.8, 4) is 63.2 Å². The van der Waals surface area contributed by atoms with Crippen molar-refractivity contribution in [2.45, 2.75) is 67.2 Å². The Morgan fingerprint density at radius 3 is 1.25 bits per heavy atom. The Morgan fingerprint density at radius 2 is 0.833 bits per heavy atom. The summed E-state index contributed by atoms with van der Waals surface area (Å²) >= 11 is 0. The standard InChI is InChI=1S/C10H12O2.C9H12O3.2C7H6O3.2C2H6/c1-7(2)8-3-4-9-10(5-8)12-6-11-9;1-5(2)6-3-4-7(10)9(12)8(6)11;2*8-5-1-2-6-7(3-5)10-4-9-6;2*1-2/h3-5,7H,6H2,1-2H3;3-5,10-12H,1-2H3;2*1-3,8H,4H2;2*1-2H3. The Hall–Kier alpha value is -5.32. The average Bonchev–Trinajstić information content (AvgIpc) is 3.87. The molecule has 0 saturated heterocycles. The van der Waals surface area contributed by atoms with Gasteiger partial charge in [-0.1, -0.05) is 67.5 Å². The molecule has 3 heterocycles. The lowest BCUT2D eigenvalue weighted by Gasteiger charge is -2.09. The van der Waals surface area contributed by atoms with Gasteiger partial charge in [0, 0.05) is 17.7 Å². The van der Waals surface area contributed by atoms with Gasteiger partial charge in [0.15, 0.2) is 46.0 Å². The molecule has 0 aromatic heterocycles. The lowest BCUT2D eigenvalue weighted by Crippen LogP contribution is -1.93. The van der Waals surface area contributed by atoms with Crippen LogP contribution in [-0.4, -0.2) is 45.9 Å². The maximum atomic E-state index is 9.34. The number of phenols is 5. The number of ether oxygens (including phenoxy) is 6. The summed E-state index contributed by atoms with van der Waals surface area (Å²) < 4.78 is 30.5. The van der Waals surface area contributed by atoms with Crippen molar-refractivity contribution in [3.05, 3.63) is 77.9 Å². The van der Waals surface area contributed by atoms with Gasteiger partial charge in [0.2, 0.25) is 26.1 Å². The Labute approximate surface area is 282 Å². The number of phenolic OH excluding ortho intramolecular Hbond substituents is 5. The van der Waals surface area contributed by atoms with Gasteiger partial charge < -0.3 is 54.0 Å². The second-order valence-corrected chi connectivity index (χ2v) is 10.4. The van der Waals surface area contributed by atoms with Crippen LogP contribution in [0.4, 0.5) is 0 Å². The highest BCUT2D eigenvalue weighted by molar-refractivity contribution is 5.54. The van der Waals surface area contributed by atoms with E-state index in [2.05, 4.69) is 19.9 Å². The van der Waals surface area contributed by atoms with Crippen molar-refractivity contribution < 1.29 is 54.0 Å². The molecule has 0 radical (unpaired) electrons. The second kappa shape index (κ2) is 19.4. The Morgan fingerprint density at radius 1 is 0.438 bits per heavy atom. The highest BCUT2D eigenvalue weighted by Gasteiger charge is 2.15. The van der Waals surface area contributed by atoms with Gasteiger partial charge >= 0.3 is 0 Å². The van der Waals surface area contributed by atoms with Crippen LogP contribution in [0.15, 0.2) is 66.7 Å². The van der Waals surface area contributed by atoms with Crippen molar-refractivity contribution in [2.75, 3.05) is 20.4 Å².